The van der Waals surface area contributed by atoms with Crippen LogP contribution in [0.1, 0.15) is 18.9 Å². The van der Waals surface area contributed by atoms with Gasteiger partial charge in [0.15, 0.2) is 17.2 Å². The fourth-order valence-corrected chi connectivity index (χ4v) is 3.44. The number of hydrogen-bond donors (Lipinski definition) is 1. The summed E-state index contributed by atoms with van der Waals surface area (Å²) >= 11 is 0. The van der Waals surface area contributed by atoms with Crippen LogP contribution < -0.4 is 19.6 Å². The standard InChI is InChI=1S/C21H18F3N3O6S/c1-3-18(28)33-16-9-4-12(11-17(16)32-2)10-15-19(21(22,23)24)26-27(20(15)29)13-5-7-14(8-6-13)34(25,30)31/h4-11H,3H2,1-2H3,(H2,25,30,31). The number of esters is 1. The van der Waals surface area contributed by atoms with Crippen molar-refractivity contribution in [1.82, 2.24) is 0 Å². The van der Waals surface area contributed by atoms with Gasteiger partial charge < -0.3 is 9.47 Å². The Morgan fingerprint density at radius 1 is 1.15 bits per heavy atom. The minimum absolute atomic E-state index is 0.0653. The number of rotatable bonds is 6. The number of carbonyl (C=O) groups excluding carboxylic acids is 2. The summed E-state index contributed by atoms with van der Waals surface area (Å²) in [6.07, 6.45) is -3.89. The molecule has 2 aromatic carbocycles. The second kappa shape index (κ2) is 9.27. The Morgan fingerprint density at radius 3 is 2.32 bits per heavy atom. The molecule has 0 saturated heterocycles. The van der Waals surface area contributed by atoms with Gasteiger partial charge in [0.1, 0.15) is 0 Å². The number of primary sulfonamides is 1. The molecule has 0 atom stereocenters. The smallest absolute Gasteiger partial charge is 0.435 e. The van der Waals surface area contributed by atoms with E-state index in [0.29, 0.717) is 5.01 Å². The maximum absolute atomic E-state index is 13.7. The predicted molar refractivity (Wildman–Crippen MR) is 116 cm³/mol. The molecule has 0 saturated carbocycles. The normalized spacial score (nSPS) is 15.5. The van der Waals surface area contributed by atoms with Crippen LogP contribution in [0, 0.1) is 0 Å². The van der Waals surface area contributed by atoms with Gasteiger partial charge in [-0.1, -0.05) is 13.0 Å². The second-order valence-corrected chi connectivity index (χ2v) is 8.46. The Labute approximate surface area is 192 Å². The zero-order valence-electron chi connectivity index (χ0n) is 17.8. The number of alkyl halides is 3. The molecule has 0 aliphatic carbocycles. The van der Waals surface area contributed by atoms with E-state index in [4.69, 9.17) is 14.6 Å². The molecule has 180 valence electrons. The monoisotopic (exact) mass is 497 g/mol. The van der Waals surface area contributed by atoms with Gasteiger partial charge in [0.25, 0.3) is 5.91 Å². The number of benzene rings is 2. The zero-order valence-corrected chi connectivity index (χ0v) is 18.6. The van der Waals surface area contributed by atoms with E-state index in [-0.39, 0.29) is 34.1 Å². The molecule has 1 aliphatic heterocycles. The van der Waals surface area contributed by atoms with Crippen LogP contribution in [0.4, 0.5) is 18.9 Å². The number of methoxy groups -OCH3 is 1. The van der Waals surface area contributed by atoms with E-state index in [1.54, 1.807) is 6.92 Å². The molecule has 0 spiro atoms. The summed E-state index contributed by atoms with van der Waals surface area (Å²) in [5.74, 6) is -1.49. The third kappa shape index (κ3) is 5.26. The molecule has 3 rings (SSSR count). The summed E-state index contributed by atoms with van der Waals surface area (Å²) in [6.45, 7) is 1.59. The number of carbonyl (C=O) groups is 2. The first-order valence-electron chi connectivity index (χ1n) is 9.59. The lowest BCUT2D eigenvalue weighted by atomic mass is 10.1. The largest absolute Gasteiger partial charge is 0.493 e. The number of nitrogens with zero attached hydrogens (tertiary/aromatic N) is 2. The van der Waals surface area contributed by atoms with Crippen LogP contribution in [-0.4, -0.2) is 39.3 Å². The van der Waals surface area contributed by atoms with Crippen molar-refractivity contribution in [2.45, 2.75) is 24.4 Å². The lowest BCUT2D eigenvalue weighted by Crippen LogP contribution is -2.25. The highest BCUT2D eigenvalue weighted by Crippen LogP contribution is 2.34. The third-order valence-corrected chi connectivity index (χ3v) is 5.50. The summed E-state index contributed by atoms with van der Waals surface area (Å²) in [5.41, 5.74) is -2.13. The summed E-state index contributed by atoms with van der Waals surface area (Å²) in [7, 11) is -2.75. The van der Waals surface area contributed by atoms with Crippen LogP contribution in [-0.2, 0) is 19.6 Å². The Balaban J connectivity index is 2.02. The SMILES string of the molecule is CCC(=O)Oc1ccc(C=C2C(=O)N(c3ccc(S(N)(=O)=O)cc3)N=C2C(F)(F)F)cc1OC. The minimum atomic E-state index is -4.96. The maximum atomic E-state index is 13.7. The van der Waals surface area contributed by atoms with Crippen LogP contribution in [0.2, 0.25) is 0 Å². The average Bonchev–Trinajstić information content (AvgIpc) is 3.10. The van der Waals surface area contributed by atoms with Crippen molar-refractivity contribution >= 4 is 39.4 Å². The van der Waals surface area contributed by atoms with Gasteiger partial charge in [-0.25, -0.2) is 13.6 Å². The highest BCUT2D eigenvalue weighted by molar-refractivity contribution is 7.89. The van der Waals surface area contributed by atoms with Crippen molar-refractivity contribution in [1.29, 1.82) is 0 Å². The molecule has 0 bridgehead atoms. The van der Waals surface area contributed by atoms with E-state index < -0.39 is 39.4 Å². The first-order valence-corrected chi connectivity index (χ1v) is 11.1. The molecule has 1 aliphatic rings. The van der Waals surface area contributed by atoms with Crippen molar-refractivity contribution in [3.63, 3.8) is 0 Å². The van der Waals surface area contributed by atoms with E-state index in [9.17, 15) is 31.2 Å². The molecule has 0 radical (unpaired) electrons. The zero-order chi connectivity index (χ0) is 25.3. The van der Waals surface area contributed by atoms with Gasteiger partial charge in [0.05, 0.1) is 23.3 Å². The van der Waals surface area contributed by atoms with Gasteiger partial charge in [-0.15, -0.1) is 0 Å². The molecular weight excluding hydrogens is 479 g/mol. The molecule has 2 N–H and O–H groups in total. The van der Waals surface area contributed by atoms with E-state index in [1.807, 2.05) is 0 Å². The number of amides is 1. The summed E-state index contributed by atoms with van der Waals surface area (Å²) in [4.78, 5) is 24.1. The summed E-state index contributed by atoms with van der Waals surface area (Å²) in [5, 5.41) is 8.94. The topological polar surface area (TPSA) is 128 Å². The first kappa shape index (κ1) is 24.9. The van der Waals surface area contributed by atoms with Crippen LogP contribution in [0.25, 0.3) is 6.08 Å². The van der Waals surface area contributed by atoms with Crippen LogP contribution in [0.3, 0.4) is 0 Å². The van der Waals surface area contributed by atoms with E-state index >= 15 is 0 Å². The average molecular weight is 497 g/mol. The molecular formula is C21H18F3N3O6S. The van der Waals surface area contributed by atoms with Crippen LogP contribution in [0.5, 0.6) is 11.5 Å². The number of sulfonamides is 1. The van der Waals surface area contributed by atoms with E-state index in [2.05, 4.69) is 5.10 Å². The van der Waals surface area contributed by atoms with E-state index in [0.717, 1.165) is 30.3 Å². The number of hydrogen-bond acceptors (Lipinski definition) is 7. The quantitative estimate of drug-likeness (QED) is 0.371. The molecule has 9 nitrogen and oxygen atoms in total. The minimum Gasteiger partial charge on any atom is -0.493 e. The molecule has 34 heavy (non-hydrogen) atoms. The number of nitrogens with two attached hydrogens (primary N) is 1. The Bertz CT molecular complexity index is 1300. The summed E-state index contributed by atoms with van der Waals surface area (Å²) in [6, 6.07) is 8.28. The maximum Gasteiger partial charge on any atom is 0.435 e. The first-order chi connectivity index (χ1) is 15.8. The molecule has 0 aromatic heterocycles. The molecule has 1 amide bonds. The van der Waals surface area contributed by atoms with Crippen LogP contribution in [0.15, 0.2) is 58.0 Å². The molecule has 2 aromatic rings. The highest BCUT2D eigenvalue weighted by atomic mass is 32.2. The second-order valence-electron chi connectivity index (χ2n) is 6.90. The predicted octanol–water partition coefficient (Wildman–Crippen LogP) is 3.01. The Kier molecular flexibility index (Phi) is 6.79. The Hall–Kier alpha value is -3.71. The third-order valence-electron chi connectivity index (χ3n) is 4.57. The molecule has 0 unspecified atom stereocenters. The highest BCUT2D eigenvalue weighted by Gasteiger charge is 2.46. The van der Waals surface area contributed by atoms with Crippen molar-refractivity contribution < 1.29 is 40.7 Å². The number of hydrazone groups is 1. The van der Waals surface area contributed by atoms with Gasteiger partial charge in [-0.2, -0.15) is 23.3 Å². The molecule has 0 fully saturated rings. The summed E-state index contributed by atoms with van der Waals surface area (Å²) < 4.78 is 74.0. The number of halogens is 3. The van der Waals surface area contributed by atoms with Gasteiger partial charge in [-0.05, 0) is 48.0 Å². The van der Waals surface area contributed by atoms with Gasteiger partial charge in [0, 0.05) is 6.42 Å². The van der Waals surface area contributed by atoms with Crippen LogP contribution >= 0.6 is 0 Å². The lowest BCUT2D eigenvalue weighted by Gasteiger charge is -2.12. The molecule has 1 heterocycles. The van der Waals surface area contributed by atoms with E-state index in [1.165, 1.54) is 25.3 Å². The fraction of sp³-hybridized carbons (Fsp3) is 0.190. The van der Waals surface area contributed by atoms with Gasteiger partial charge >= 0.3 is 12.1 Å². The lowest BCUT2D eigenvalue weighted by molar-refractivity contribution is -0.134. The van der Waals surface area contributed by atoms with Gasteiger partial charge in [0.2, 0.25) is 10.0 Å². The number of ether oxygens (including phenoxy) is 2. The van der Waals surface area contributed by atoms with Crippen molar-refractivity contribution in [3.05, 3.63) is 53.6 Å². The number of anilines is 1. The fourth-order valence-electron chi connectivity index (χ4n) is 2.93. The van der Waals surface area contributed by atoms with Gasteiger partial charge in [-0.3, -0.25) is 9.59 Å². The van der Waals surface area contributed by atoms with Crippen molar-refractivity contribution in [3.8, 4) is 11.5 Å². The van der Waals surface area contributed by atoms with Crippen molar-refractivity contribution in [2.24, 2.45) is 10.2 Å². The van der Waals surface area contributed by atoms with Crippen molar-refractivity contribution in [2.75, 3.05) is 12.1 Å². The molecule has 13 heteroatoms. The Morgan fingerprint density at radius 2 is 1.79 bits per heavy atom.